The number of hydrogen-bond donors (Lipinski definition) is 2. The van der Waals surface area contributed by atoms with Gasteiger partial charge in [-0.2, -0.15) is 0 Å². The van der Waals surface area contributed by atoms with E-state index in [1.54, 1.807) is 6.26 Å². The number of anilines is 1. The number of hydrogen-bond acceptors (Lipinski definition) is 3. The van der Waals surface area contributed by atoms with Gasteiger partial charge in [-0.15, -0.1) is 0 Å². The van der Waals surface area contributed by atoms with Gasteiger partial charge in [0.05, 0.1) is 6.26 Å². The molecule has 0 radical (unpaired) electrons. The molecule has 1 aromatic heterocycles. The lowest BCUT2D eigenvalue weighted by molar-refractivity contribution is 0.104. The fraction of sp³-hybridized carbons (Fsp3) is 0.267. The fourth-order valence-corrected chi connectivity index (χ4v) is 2.08. The molecule has 0 unspecified atom stereocenters. The van der Waals surface area contributed by atoms with E-state index in [2.05, 4.69) is 26.6 Å². The number of furan rings is 1. The molecule has 0 saturated heterocycles. The summed E-state index contributed by atoms with van der Waals surface area (Å²) in [6, 6.07) is 10.9. The highest BCUT2D eigenvalue weighted by atomic mass is 79.9. The minimum atomic E-state index is -0.223. The predicted molar refractivity (Wildman–Crippen MR) is 84.1 cm³/mol. The molecular formula is C15H17BrN2O3. The van der Waals surface area contributed by atoms with Crippen LogP contribution in [-0.2, 0) is 11.3 Å². The summed E-state index contributed by atoms with van der Waals surface area (Å²) in [6.45, 7) is 1.58. The summed E-state index contributed by atoms with van der Waals surface area (Å²) in [5.74, 6) is 0.801. The topological polar surface area (TPSA) is 63.5 Å². The van der Waals surface area contributed by atoms with E-state index in [0.717, 1.165) is 22.3 Å². The second-order valence-electron chi connectivity index (χ2n) is 4.38. The smallest absolute Gasteiger partial charge is 0.319 e. The molecule has 6 heteroatoms. The van der Waals surface area contributed by atoms with Crippen molar-refractivity contribution in [1.29, 1.82) is 0 Å². The van der Waals surface area contributed by atoms with Gasteiger partial charge in [-0.25, -0.2) is 4.79 Å². The molecule has 0 bridgehead atoms. The number of halogens is 1. The molecular weight excluding hydrogens is 336 g/mol. The van der Waals surface area contributed by atoms with Crippen molar-refractivity contribution in [2.45, 2.75) is 13.0 Å². The monoisotopic (exact) mass is 352 g/mol. The zero-order valence-corrected chi connectivity index (χ0v) is 13.1. The predicted octanol–water partition coefficient (Wildman–Crippen LogP) is 3.77. The first kappa shape index (κ1) is 15.6. The molecule has 2 aromatic rings. The van der Waals surface area contributed by atoms with Crippen LogP contribution in [0.5, 0.6) is 0 Å². The molecule has 0 aliphatic carbocycles. The molecule has 0 aliphatic rings. The van der Waals surface area contributed by atoms with Crippen molar-refractivity contribution in [3.8, 4) is 0 Å². The van der Waals surface area contributed by atoms with E-state index >= 15 is 0 Å². The van der Waals surface area contributed by atoms with E-state index in [0.29, 0.717) is 19.8 Å². The number of carbonyl (C=O) groups excluding carboxylic acids is 1. The first-order chi connectivity index (χ1) is 10.2. The van der Waals surface area contributed by atoms with Gasteiger partial charge in [0.15, 0.2) is 0 Å². The molecule has 2 rings (SSSR count). The molecule has 2 N–H and O–H groups in total. The van der Waals surface area contributed by atoms with Crippen LogP contribution in [0.4, 0.5) is 10.5 Å². The van der Waals surface area contributed by atoms with Crippen molar-refractivity contribution < 1.29 is 13.9 Å². The molecule has 0 aliphatic heterocycles. The maximum Gasteiger partial charge on any atom is 0.319 e. The van der Waals surface area contributed by atoms with Gasteiger partial charge in [0.25, 0.3) is 0 Å². The SMILES string of the molecule is O=C(NCCCOCc1ccco1)Nc1cccc(Br)c1. The minimum absolute atomic E-state index is 0.223. The van der Waals surface area contributed by atoms with Gasteiger partial charge in [-0.1, -0.05) is 22.0 Å². The Balaban J connectivity index is 1.55. The summed E-state index contributed by atoms with van der Waals surface area (Å²) in [7, 11) is 0. The largest absolute Gasteiger partial charge is 0.467 e. The standard InChI is InChI=1S/C15H17BrN2O3/c16-12-4-1-5-13(10-12)18-15(19)17-7-3-8-20-11-14-6-2-9-21-14/h1-2,4-6,9-10H,3,7-8,11H2,(H2,17,18,19). The first-order valence-electron chi connectivity index (χ1n) is 6.64. The second kappa shape index (κ2) is 8.49. The Morgan fingerprint density at radius 1 is 1.29 bits per heavy atom. The van der Waals surface area contributed by atoms with Gasteiger partial charge in [0, 0.05) is 23.3 Å². The highest BCUT2D eigenvalue weighted by molar-refractivity contribution is 9.10. The molecule has 0 fully saturated rings. The van der Waals surface area contributed by atoms with Crippen molar-refractivity contribution in [3.63, 3.8) is 0 Å². The Bertz CT molecular complexity index is 558. The van der Waals surface area contributed by atoms with E-state index in [1.165, 1.54) is 0 Å². The van der Waals surface area contributed by atoms with Crippen molar-refractivity contribution in [2.75, 3.05) is 18.5 Å². The lowest BCUT2D eigenvalue weighted by Gasteiger charge is -2.08. The Morgan fingerprint density at radius 2 is 2.19 bits per heavy atom. The van der Waals surface area contributed by atoms with E-state index < -0.39 is 0 Å². The van der Waals surface area contributed by atoms with E-state index in [9.17, 15) is 4.79 Å². The number of carbonyl (C=O) groups is 1. The molecule has 0 spiro atoms. The maximum atomic E-state index is 11.6. The van der Waals surface area contributed by atoms with Gasteiger partial charge >= 0.3 is 6.03 Å². The normalized spacial score (nSPS) is 10.3. The summed E-state index contributed by atoms with van der Waals surface area (Å²) in [4.78, 5) is 11.6. The van der Waals surface area contributed by atoms with Crippen LogP contribution in [0, 0.1) is 0 Å². The Hall–Kier alpha value is -1.79. The van der Waals surface area contributed by atoms with Crippen LogP contribution in [0.2, 0.25) is 0 Å². The molecule has 0 atom stereocenters. The number of amides is 2. The van der Waals surface area contributed by atoms with Crippen LogP contribution in [0.25, 0.3) is 0 Å². The Labute approximate surface area is 131 Å². The minimum Gasteiger partial charge on any atom is -0.467 e. The van der Waals surface area contributed by atoms with Gasteiger partial charge in [0.2, 0.25) is 0 Å². The molecule has 21 heavy (non-hydrogen) atoms. The quantitative estimate of drug-likeness (QED) is 0.745. The third kappa shape index (κ3) is 6.01. The van der Waals surface area contributed by atoms with Gasteiger partial charge in [0.1, 0.15) is 12.4 Å². The fourth-order valence-electron chi connectivity index (χ4n) is 1.69. The van der Waals surface area contributed by atoms with E-state index in [4.69, 9.17) is 9.15 Å². The average Bonchev–Trinajstić information content (AvgIpc) is 2.96. The van der Waals surface area contributed by atoms with Crippen molar-refractivity contribution >= 4 is 27.6 Å². The summed E-state index contributed by atoms with van der Waals surface area (Å²) in [5, 5.41) is 5.54. The zero-order chi connectivity index (χ0) is 14.9. The average molecular weight is 353 g/mol. The van der Waals surface area contributed by atoms with E-state index in [1.807, 2.05) is 36.4 Å². The van der Waals surface area contributed by atoms with Gasteiger partial charge in [-0.05, 0) is 36.8 Å². The number of benzene rings is 1. The van der Waals surface area contributed by atoms with E-state index in [-0.39, 0.29) is 6.03 Å². The number of rotatable bonds is 7. The highest BCUT2D eigenvalue weighted by Crippen LogP contribution is 2.15. The molecule has 5 nitrogen and oxygen atoms in total. The molecule has 112 valence electrons. The van der Waals surface area contributed by atoms with Crippen LogP contribution in [0.15, 0.2) is 51.6 Å². The Kier molecular flexibility index (Phi) is 6.30. The molecule has 0 saturated carbocycles. The molecule has 2 amide bonds. The highest BCUT2D eigenvalue weighted by Gasteiger charge is 2.01. The first-order valence-corrected chi connectivity index (χ1v) is 7.44. The molecule has 1 aromatic carbocycles. The number of urea groups is 1. The third-order valence-electron chi connectivity index (χ3n) is 2.66. The lowest BCUT2D eigenvalue weighted by Crippen LogP contribution is -2.30. The van der Waals surface area contributed by atoms with Gasteiger partial charge in [-0.3, -0.25) is 0 Å². The lowest BCUT2D eigenvalue weighted by atomic mass is 10.3. The summed E-state index contributed by atoms with van der Waals surface area (Å²) in [5.41, 5.74) is 0.746. The van der Waals surface area contributed by atoms with Crippen molar-refractivity contribution in [2.24, 2.45) is 0 Å². The summed E-state index contributed by atoms with van der Waals surface area (Å²) < 4.78 is 11.5. The summed E-state index contributed by atoms with van der Waals surface area (Å²) in [6.07, 6.45) is 2.36. The number of nitrogens with one attached hydrogen (secondary N) is 2. The van der Waals surface area contributed by atoms with Crippen LogP contribution >= 0.6 is 15.9 Å². The van der Waals surface area contributed by atoms with Crippen molar-refractivity contribution in [1.82, 2.24) is 5.32 Å². The van der Waals surface area contributed by atoms with Crippen LogP contribution in [-0.4, -0.2) is 19.2 Å². The molecule has 1 heterocycles. The summed E-state index contributed by atoms with van der Waals surface area (Å²) >= 11 is 3.35. The van der Waals surface area contributed by atoms with Gasteiger partial charge < -0.3 is 19.8 Å². The maximum absolute atomic E-state index is 11.6. The van der Waals surface area contributed by atoms with Crippen LogP contribution in [0.1, 0.15) is 12.2 Å². The zero-order valence-electron chi connectivity index (χ0n) is 11.5. The van der Waals surface area contributed by atoms with Crippen molar-refractivity contribution in [3.05, 3.63) is 52.9 Å². The second-order valence-corrected chi connectivity index (χ2v) is 5.29. The van der Waals surface area contributed by atoms with Crippen LogP contribution in [0.3, 0.4) is 0 Å². The number of ether oxygens (including phenoxy) is 1. The van der Waals surface area contributed by atoms with Crippen LogP contribution < -0.4 is 10.6 Å². The Morgan fingerprint density at radius 3 is 2.95 bits per heavy atom. The third-order valence-corrected chi connectivity index (χ3v) is 3.15.